The van der Waals surface area contributed by atoms with E-state index in [-0.39, 0.29) is 5.91 Å². The fourth-order valence-electron chi connectivity index (χ4n) is 2.33. The van der Waals surface area contributed by atoms with Crippen molar-refractivity contribution in [1.82, 2.24) is 10.1 Å². The largest absolute Gasteiger partial charge is 0.361 e. The maximum Gasteiger partial charge on any atom is 0.259 e. The minimum atomic E-state index is 0.0726. The van der Waals surface area contributed by atoms with Crippen molar-refractivity contribution in [2.75, 3.05) is 6.54 Å². The van der Waals surface area contributed by atoms with E-state index in [0.717, 1.165) is 19.4 Å². The van der Waals surface area contributed by atoms with Crippen LogP contribution in [0.15, 0.2) is 4.52 Å². The summed E-state index contributed by atoms with van der Waals surface area (Å²) in [6.07, 6.45) is 3.40. The molecule has 0 aliphatic carbocycles. The van der Waals surface area contributed by atoms with E-state index in [1.807, 2.05) is 11.8 Å². The van der Waals surface area contributed by atoms with Gasteiger partial charge in [0.2, 0.25) is 0 Å². The fraction of sp³-hybridized carbons (Fsp3) is 0.667. The fourth-order valence-corrected chi connectivity index (χ4v) is 2.33. The number of carbonyl (C=O) groups is 1. The van der Waals surface area contributed by atoms with Crippen LogP contribution in [-0.4, -0.2) is 28.6 Å². The summed E-state index contributed by atoms with van der Waals surface area (Å²) in [4.78, 5) is 14.3. The van der Waals surface area contributed by atoms with Gasteiger partial charge in [-0.25, -0.2) is 0 Å². The molecular weight excluding hydrogens is 204 g/mol. The van der Waals surface area contributed by atoms with Crippen LogP contribution in [0.1, 0.15) is 48.0 Å². The number of likely N-dealkylation sites (tertiary alicyclic amines) is 1. The second kappa shape index (κ2) is 4.28. The number of aryl methyl sites for hydroxylation is 2. The number of piperidine rings is 1. The quantitative estimate of drug-likeness (QED) is 0.732. The van der Waals surface area contributed by atoms with Gasteiger partial charge >= 0.3 is 0 Å². The van der Waals surface area contributed by atoms with Crippen LogP contribution in [0.25, 0.3) is 0 Å². The molecular formula is C12H18N2O2. The SMILES string of the molecule is Cc1noc(C)c1C(=O)N1CCCCC1C. The Hall–Kier alpha value is -1.32. The second-order valence-electron chi connectivity index (χ2n) is 4.54. The Morgan fingerprint density at radius 2 is 2.19 bits per heavy atom. The Labute approximate surface area is 95.6 Å². The Balaban J connectivity index is 2.24. The molecule has 0 aromatic carbocycles. The Morgan fingerprint density at radius 3 is 2.75 bits per heavy atom. The highest BCUT2D eigenvalue weighted by Gasteiger charge is 2.28. The van der Waals surface area contributed by atoms with Crippen LogP contribution >= 0.6 is 0 Å². The zero-order valence-corrected chi connectivity index (χ0v) is 10.1. The van der Waals surface area contributed by atoms with Crippen molar-refractivity contribution in [2.45, 2.75) is 46.1 Å². The van der Waals surface area contributed by atoms with Gasteiger partial charge in [-0.3, -0.25) is 4.79 Å². The molecule has 1 unspecified atom stereocenters. The maximum atomic E-state index is 12.3. The summed E-state index contributed by atoms with van der Waals surface area (Å²) in [5, 5.41) is 3.83. The molecule has 0 N–H and O–H groups in total. The third-order valence-corrected chi connectivity index (χ3v) is 3.31. The molecule has 2 heterocycles. The molecule has 0 bridgehead atoms. The summed E-state index contributed by atoms with van der Waals surface area (Å²) in [5.74, 6) is 0.698. The Kier molecular flexibility index (Phi) is 2.99. The van der Waals surface area contributed by atoms with Crippen molar-refractivity contribution < 1.29 is 9.32 Å². The molecule has 0 radical (unpaired) electrons. The van der Waals surface area contributed by atoms with Crippen LogP contribution in [0, 0.1) is 13.8 Å². The van der Waals surface area contributed by atoms with E-state index < -0.39 is 0 Å². The van der Waals surface area contributed by atoms with E-state index in [2.05, 4.69) is 12.1 Å². The lowest BCUT2D eigenvalue weighted by atomic mass is 10.0. The average molecular weight is 222 g/mol. The molecule has 2 rings (SSSR count). The van der Waals surface area contributed by atoms with Crippen molar-refractivity contribution >= 4 is 5.91 Å². The highest BCUT2D eigenvalue weighted by atomic mass is 16.5. The highest BCUT2D eigenvalue weighted by molar-refractivity contribution is 5.96. The van der Waals surface area contributed by atoms with E-state index in [4.69, 9.17) is 4.52 Å². The average Bonchev–Trinajstić information content (AvgIpc) is 2.58. The first-order valence-corrected chi connectivity index (χ1v) is 5.85. The summed E-state index contributed by atoms with van der Waals surface area (Å²) >= 11 is 0. The van der Waals surface area contributed by atoms with Gasteiger partial charge in [0.1, 0.15) is 11.3 Å². The van der Waals surface area contributed by atoms with Gasteiger partial charge in [0.15, 0.2) is 0 Å². The minimum Gasteiger partial charge on any atom is -0.361 e. The van der Waals surface area contributed by atoms with E-state index in [9.17, 15) is 4.79 Å². The zero-order valence-electron chi connectivity index (χ0n) is 10.1. The number of hydrogen-bond donors (Lipinski definition) is 0. The number of carbonyl (C=O) groups excluding carboxylic acids is 1. The molecule has 1 aromatic rings. The second-order valence-corrected chi connectivity index (χ2v) is 4.54. The molecule has 0 saturated carbocycles. The molecule has 88 valence electrons. The van der Waals surface area contributed by atoms with E-state index >= 15 is 0 Å². The van der Waals surface area contributed by atoms with Crippen molar-refractivity contribution in [3.8, 4) is 0 Å². The van der Waals surface area contributed by atoms with Gasteiger partial charge in [-0.1, -0.05) is 5.16 Å². The third kappa shape index (κ3) is 1.84. The molecule has 1 fully saturated rings. The first-order chi connectivity index (χ1) is 7.61. The minimum absolute atomic E-state index is 0.0726. The molecule has 1 saturated heterocycles. The van der Waals surface area contributed by atoms with Crippen molar-refractivity contribution in [2.24, 2.45) is 0 Å². The van der Waals surface area contributed by atoms with E-state index in [0.29, 0.717) is 23.1 Å². The van der Waals surface area contributed by atoms with Crippen LogP contribution in [0.5, 0.6) is 0 Å². The van der Waals surface area contributed by atoms with Crippen LogP contribution in [0.4, 0.5) is 0 Å². The standard InChI is InChI=1S/C12H18N2O2/c1-8-6-4-5-7-14(8)12(15)11-9(2)13-16-10(11)3/h8H,4-7H2,1-3H3. The summed E-state index contributed by atoms with van der Waals surface area (Å²) in [7, 11) is 0. The summed E-state index contributed by atoms with van der Waals surface area (Å²) in [6.45, 7) is 6.57. The predicted octanol–water partition coefficient (Wildman–Crippen LogP) is 2.31. The molecule has 0 spiro atoms. The van der Waals surface area contributed by atoms with Crippen LogP contribution in [0.3, 0.4) is 0 Å². The van der Waals surface area contributed by atoms with E-state index in [1.165, 1.54) is 6.42 Å². The Bertz CT molecular complexity index is 378. The molecule has 16 heavy (non-hydrogen) atoms. The topological polar surface area (TPSA) is 46.3 Å². The third-order valence-electron chi connectivity index (χ3n) is 3.31. The first-order valence-electron chi connectivity index (χ1n) is 5.85. The van der Waals surface area contributed by atoms with E-state index in [1.54, 1.807) is 6.92 Å². The number of rotatable bonds is 1. The summed E-state index contributed by atoms with van der Waals surface area (Å²) in [5.41, 5.74) is 1.34. The van der Waals surface area contributed by atoms with Crippen molar-refractivity contribution in [1.29, 1.82) is 0 Å². The van der Waals surface area contributed by atoms with Gasteiger partial charge in [-0.2, -0.15) is 0 Å². The van der Waals surface area contributed by atoms with Gasteiger partial charge in [0.05, 0.1) is 5.69 Å². The van der Waals surface area contributed by atoms with Crippen LogP contribution in [-0.2, 0) is 0 Å². The predicted molar refractivity (Wildman–Crippen MR) is 60.3 cm³/mol. The van der Waals surface area contributed by atoms with Crippen molar-refractivity contribution in [3.63, 3.8) is 0 Å². The lowest BCUT2D eigenvalue weighted by Crippen LogP contribution is -2.42. The lowest BCUT2D eigenvalue weighted by Gasteiger charge is -2.33. The summed E-state index contributed by atoms with van der Waals surface area (Å²) in [6, 6.07) is 0.329. The lowest BCUT2D eigenvalue weighted by molar-refractivity contribution is 0.0633. The van der Waals surface area contributed by atoms with Crippen LogP contribution < -0.4 is 0 Å². The monoisotopic (exact) mass is 222 g/mol. The molecule has 1 aromatic heterocycles. The zero-order chi connectivity index (χ0) is 11.7. The van der Waals surface area contributed by atoms with Gasteiger partial charge in [0, 0.05) is 12.6 Å². The van der Waals surface area contributed by atoms with Gasteiger partial charge in [-0.15, -0.1) is 0 Å². The summed E-state index contributed by atoms with van der Waals surface area (Å²) < 4.78 is 5.04. The molecule has 4 heteroatoms. The van der Waals surface area contributed by atoms with Gasteiger partial charge in [0.25, 0.3) is 5.91 Å². The first kappa shape index (κ1) is 11.2. The van der Waals surface area contributed by atoms with Crippen molar-refractivity contribution in [3.05, 3.63) is 17.0 Å². The molecule has 1 aliphatic heterocycles. The molecule has 1 aliphatic rings. The number of nitrogens with zero attached hydrogens (tertiary/aromatic N) is 2. The number of amides is 1. The number of aromatic nitrogens is 1. The van der Waals surface area contributed by atoms with Gasteiger partial charge < -0.3 is 9.42 Å². The highest BCUT2D eigenvalue weighted by Crippen LogP contribution is 2.22. The van der Waals surface area contributed by atoms with Gasteiger partial charge in [-0.05, 0) is 40.0 Å². The number of hydrogen-bond acceptors (Lipinski definition) is 3. The normalized spacial score (nSPS) is 21.2. The molecule has 1 atom stereocenters. The smallest absolute Gasteiger partial charge is 0.259 e. The van der Waals surface area contributed by atoms with Crippen LogP contribution in [0.2, 0.25) is 0 Å². The maximum absolute atomic E-state index is 12.3. The Morgan fingerprint density at radius 1 is 1.44 bits per heavy atom. The molecule has 4 nitrogen and oxygen atoms in total. The molecule has 1 amide bonds.